The molecular formula is C15H17FN2O3. The van der Waals surface area contributed by atoms with E-state index >= 15 is 0 Å². The van der Waals surface area contributed by atoms with Crippen LogP contribution in [-0.2, 0) is 0 Å². The van der Waals surface area contributed by atoms with Crippen LogP contribution < -0.4 is 10.6 Å². The minimum absolute atomic E-state index is 0.115. The number of hydrogen-bond acceptors (Lipinski definition) is 2. The summed E-state index contributed by atoms with van der Waals surface area (Å²) in [7, 11) is 0. The number of benzene rings is 1. The zero-order valence-electron chi connectivity index (χ0n) is 11.4. The minimum atomic E-state index is -1.27. The molecule has 2 amide bonds. The summed E-state index contributed by atoms with van der Waals surface area (Å²) in [6, 6.07) is 3.26. The van der Waals surface area contributed by atoms with E-state index in [1.807, 2.05) is 0 Å². The number of nitrogens with one attached hydrogen (secondary N) is 2. The van der Waals surface area contributed by atoms with Gasteiger partial charge in [-0.25, -0.2) is 14.0 Å². The highest BCUT2D eigenvalue weighted by Crippen LogP contribution is 2.44. The first-order valence-corrected chi connectivity index (χ1v) is 7.14. The van der Waals surface area contributed by atoms with Gasteiger partial charge in [0.25, 0.3) is 0 Å². The fourth-order valence-electron chi connectivity index (χ4n) is 3.57. The zero-order chi connectivity index (χ0) is 15.0. The van der Waals surface area contributed by atoms with E-state index in [2.05, 4.69) is 10.6 Å². The van der Waals surface area contributed by atoms with Crippen LogP contribution in [0.5, 0.6) is 0 Å². The third-order valence-corrected chi connectivity index (χ3v) is 4.54. The van der Waals surface area contributed by atoms with Gasteiger partial charge in [0.15, 0.2) is 0 Å². The van der Waals surface area contributed by atoms with E-state index in [0.717, 1.165) is 25.3 Å². The van der Waals surface area contributed by atoms with Gasteiger partial charge >= 0.3 is 12.0 Å². The third kappa shape index (κ3) is 2.70. The van der Waals surface area contributed by atoms with E-state index in [0.29, 0.717) is 11.8 Å². The van der Waals surface area contributed by atoms with Crippen molar-refractivity contribution in [3.05, 3.63) is 29.6 Å². The molecule has 2 aliphatic rings. The maximum atomic E-state index is 13.7. The molecule has 5 nitrogen and oxygen atoms in total. The molecule has 0 heterocycles. The number of carbonyl (C=O) groups is 2. The first kappa shape index (κ1) is 13.9. The van der Waals surface area contributed by atoms with Gasteiger partial charge in [-0.2, -0.15) is 0 Å². The molecule has 3 rings (SSSR count). The van der Waals surface area contributed by atoms with Crippen molar-refractivity contribution in [3.63, 3.8) is 0 Å². The number of fused-ring (bicyclic) bond motifs is 2. The van der Waals surface area contributed by atoms with Gasteiger partial charge in [0, 0.05) is 6.04 Å². The standard InChI is InChI=1S/C15H17FN2O3/c16-11-3-1-2-10(14(19)20)13(11)18-15(21)17-12-7-8-4-5-9(12)6-8/h1-3,8-9,12H,4-7H2,(H,19,20)(H2,17,18,21). The zero-order valence-corrected chi connectivity index (χ0v) is 11.4. The van der Waals surface area contributed by atoms with Gasteiger partial charge in [-0.3, -0.25) is 0 Å². The van der Waals surface area contributed by atoms with Crippen LogP contribution in [0.25, 0.3) is 0 Å². The Balaban J connectivity index is 1.69. The van der Waals surface area contributed by atoms with Gasteiger partial charge in [0.05, 0.1) is 11.3 Å². The highest BCUT2D eigenvalue weighted by Gasteiger charge is 2.40. The Morgan fingerprint density at radius 3 is 2.67 bits per heavy atom. The van der Waals surface area contributed by atoms with E-state index in [9.17, 15) is 14.0 Å². The predicted octanol–water partition coefficient (Wildman–Crippen LogP) is 2.83. The lowest BCUT2D eigenvalue weighted by Crippen LogP contribution is -2.41. The SMILES string of the molecule is O=C(Nc1c(F)cccc1C(=O)O)NC1CC2CCC1C2. The van der Waals surface area contributed by atoms with E-state index in [-0.39, 0.29) is 17.3 Å². The molecule has 0 radical (unpaired) electrons. The Morgan fingerprint density at radius 1 is 1.24 bits per heavy atom. The Labute approximate surface area is 121 Å². The van der Waals surface area contributed by atoms with Crippen LogP contribution in [0.15, 0.2) is 18.2 Å². The van der Waals surface area contributed by atoms with Gasteiger partial charge in [0.2, 0.25) is 0 Å². The van der Waals surface area contributed by atoms with Gasteiger partial charge in [-0.1, -0.05) is 12.5 Å². The fraction of sp³-hybridized carbons (Fsp3) is 0.467. The number of anilines is 1. The quantitative estimate of drug-likeness (QED) is 0.801. The second-order valence-corrected chi connectivity index (χ2v) is 5.85. The number of rotatable bonds is 3. The van der Waals surface area contributed by atoms with Crippen LogP contribution in [-0.4, -0.2) is 23.1 Å². The first-order valence-electron chi connectivity index (χ1n) is 7.14. The highest BCUT2D eigenvalue weighted by atomic mass is 19.1. The number of carboxylic acid groups (broad SMARTS) is 1. The largest absolute Gasteiger partial charge is 0.478 e. The van der Waals surface area contributed by atoms with Crippen molar-refractivity contribution < 1.29 is 19.1 Å². The topological polar surface area (TPSA) is 78.4 Å². The van der Waals surface area contributed by atoms with Gasteiger partial charge in [-0.15, -0.1) is 0 Å². The number of carboxylic acids is 1. The lowest BCUT2D eigenvalue weighted by atomic mass is 9.95. The molecule has 1 aromatic rings. The number of amides is 2. The molecule has 21 heavy (non-hydrogen) atoms. The monoisotopic (exact) mass is 292 g/mol. The number of para-hydroxylation sites is 1. The molecule has 112 valence electrons. The molecular weight excluding hydrogens is 275 g/mol. The van der Waals surface area contributed by atoms with Crippen LogP contribution in [0.2, 0.25) is 0 Å². The summed E-state index contributed by atoms with van der Waals surface area (Å²) in [4.78, 5) is 23.1. The fourth-order valence-corrected chi connectivity index (χ4v) is 3.57. The molecule has 3 unspecified atom stereocenters. The lowest BCUT2D eigenvalue weighted by molar-refractivity contribution is 0.0697. The van der Waals surface area contributed by atoms with Gasteiger partial charge in [0.1, 0.15) is 5.82 Å². The highest BCUT2D eigenvalue weighted by molar-refractivity contribution is 6.00. The number of carbonyl (C=O) groups excluding carboxylic acids is 1. The normalized spacial score (nSPS) is 26.6. The van der Waals surface area contributed by atoms with Crippen molar-refractivity contribution in [2.75, 3.05) is 5.32 Å². The van der Waals surface area contributed by atoms with Crippen LogP contribution in [0.3, 0.4) is 0 Å². The molecule has 0 saturated heterocycles. The number of hydrogen-bond donors (Lipinski definition) is 3. The molecule has 2 saturated carbocycles. The maximum absolute atomic E-state index is 13.7. The molecule has 2 bridgehead atoms. The molecule has 2 aliphatic carbocycles. The second kappa shape index (κ2) is 5.35. The van der Waals surface area contributed by atoms with E-state index in [1.165, 1.54) is 18.6 Å². The van der Waals surface area contributed by atoms with E-state index < -0.39 is 17.8 Å². The predicted molar refractivity (Wildman–Crippen MR) is 74.7 cm³/mol. The molecule has 3 N–H and O–H groups in total. The van der Waals surface area contributed by atoms with Crippen LogP contribution >= 0.6 is 0 Å². The van der Waals surface area contributed by atoms with Crippen molar-refractivity contribution in [1.82, 2.24) is 5.32 Å². The van der Waals surface area contributed by atoms with Crippen molar-refractivity contribution >= 4 is 17.7 Å². The Bertz CT molecular complexity index is 590. The average molecular weight is 292 g/mol. The van der Waals surface area contributed by atoms with Gasteiger partial charge in [-0.05, 0) is 43.2 Å². The molecule has 3 atom stereocenters. The molecule has 6 heteroatoms. The Morgan fingerprint density at radius 2 is 2.05 bits per heavy atom. The Kier molecular flexibility index (Phi) is 3.53. The second-order valence-electron chi connectivity index (χ2n) is 5.85. The molecule has 1 aromatic carbocycles. The van der Waals surface area contributed by atoms with Crippen molar-refractivity contribution in [3.8, 4) is 0 Å². The van der Waals surface area contributed by atoms with E-state index in [1.54, 1.807) is 0 Å². The number of urea groups is 1. The van der Waals surface area contributed by atoms with Crippen LogP contribution in [0, 0.1) is 17.7 Å². The number of halogens is 1. The van der Waals surface area contributed by atoms with Gasteiger partial charge < -0.3 is 15.7 Å². The Hall–Kier alpha value is -2.11. The molecule has 0 aromatic heterocycles. The summed E-state index contributed by atoms with van der Waals surface area (Å²) in [5.41, 5.74) is -0.538. The summed E-state index contributed by atoms with van der Waals surface area (Å²) < 4.78 is 13.7. The summed E-state index contributed by atoms with van der Waals surface area (Å²) in [5.74, 6) is -0.841. The maximum Gasteiger partial charge on any atom is 0.337 e. The summed E-state index contributed by atoms with van der Waals surface area (Å²) in [5, 5.41) is 14.2. The first-order chi connectivity index (χ1) is 10.0. The summed E-state index contributed by atoms with van der Waals surface area (Å²) >= 11 is 0. The molecule has 0 spiro atoms. The van der Waals surface area contributed by atoms with Crippen molar-refractivity contribution in [2.24, 2.45) is 11.8 Å². The average Bonchev–Trinajstić information content (AvgIpc) is 3.03. The third-order valence-electron chi connectivity index (χ3n) is 4.54. The molecule has 2 fully saturated rings. The summed E-state index contributed by atoms with van der Waals surface area (Å²) in [6.45, 7) is 0. The van der Waals surface area contributed by atoms with Crippen molar-refractivity contribution in [1.29, 1.82) is 0 Å². The minimum Gasteiger partial charge on any atom is -0.478 e. The smallest absolute Gasteiger partial charge is 0.337 e. The van der Waals surface area contributed by atoms with E-state index in [4.69, 9.17) is 5.11 Å². The molecule has 0 aliphatic heterocycles. The van der Waals surface area contributed by atoms with Crippen LogP contribution in [0.4, 0.5) is 14.9 Å². The van der Waals surface area contributed by atoms with Crippen LogP contribution in [0.1, 0.15) is 36.0 Å². The van der Waals surface area contributed by atoms with Crippen molar-refractivity contribution in [2.45, 2.75) is 31.7 Å². The summed E-state index contributed by atoms with van der Waals surface area (Å²) in [6.07, 6.45) is 4.45. The number of aromatic carboxylic acids is 1. The lowest BCUT2D eigenvalue weighted by Gasteiger charge is -2.23.